The molecular weight excluding hydrogens is 380 g/mol. The van der Waals surface area contributed by atoms with Crippen molar-refractivity contribution in [2.75, 3.05) is 13.6 Å². The Morgan fingerprint density at radius 1 is 1.26 bits per heavy atom. The Morgan fingerprint density at radius 3 is 2.78 bits per heavy atom. The summed E-state index contributed by atoms with van der Waals surface area (Å²) in [5, 5.41) is 1.03. The van der Waals surface area contributed by atoms with Gasteiger partial charge in [-0.3, -0.25) is 0 Å². The van der Waals surface area contributed by atoms with E-state index in [9.17, 15) is 0 Å². The summed E-state index contributed by atoms with van der Waals surface area (Å²) < 4.78 is 10.3. The van der Waals surface area contributed by atoms with Crippen molar-refractivity contribution in [3.8, 4) is 10.9 Å². The van der Waals surface area contributed by atoms with Crippen LogP contribution in [0.25, 0.3) is 0 Å². The average Bonchev–Trinajstić information content (AvgIpc) is 3.10. The van der Waals surface area contributed by atoms with Gasteiger partial charge in [0.15, 0.2) is 5.82 Å². The van der Waals surface area contributed by atoms with Crippen LogP contribution in [0.1, 0.15) is 23.9 Å². The van der Waals surface area contributed by atoms with Gasteiger partial charge in [-0.1, -0.05) is 41.9 Å². The lowest BCUT2D eigenvalue weighted by atomic mass is 10.1. The van der Waals surface area contributed by atoms with E-state index in [0.717, 1.165) is 17.9 Å². The van der Waals surface area contributed by atoms with Gasteiger partial charge in [-0.2, -0.15) is 9.36 Å². The maximum atomic E-state index is 6.36. The van der Waals surface area contributed by atoms with Crippen molar-refractivity contribution in [3.05, 3.63) is 64.4 Å². The molecule has 1 heterocycles. The monoisotopic (exact) mass is 400 g/mol. The molecule has 27 heavy (non-hydrogen) atoms. The predicted molar refractivity (Wildman–Crippen MR) is 112 cm³/mol. The van der Waals surface area contributed by atoms with Gasteiger partial charge < -0.3 is 9.64 Å². The van der Waals surface area contributed by atoms with Crippen molar-refractivity contribution in [1.82, 2.24) is 14.3 Å². The van der Waals surface area contributed by atoms with E-state index in [0.29, 0.717) is 28.1 Å². The Labute approximate surface area is 168 Å². The number of benzene rings is 2. The van der Waals surface area contributed by atoms with Gasteiger partial charge in [0, 0.05) is 37.6 Å². The number of nitrogens with zero attached hydrogens (tertiary/aromatic N) is 4. The first kappa shape index (κ1) is 19.3. The molecule has 0 saturated heterocycles. The Kier molecular flexibility index (Phi) is 6.42. The lowest BCUT2D eigenvalue weighted by molar-refractivity contribution is 0.474. The second-order valence-corrected chi connectivity index (χ2v) is 7.25. The molecule has 0 aliphatic rings. The van der Waals surface area contributed by atoms with Gasteiger partial charge >= 0.3 is 0 Å². The van der Waals surface area contributed by atoms with Crippen LogP contribution in [0.4, 0.5) is 5.69 Å². The molecule has 5 nitrogen and oxygen atoms in total. The molecule has 0 aliphatic carbocycles. The van der Waals surface area contributed by atoms with E-state index >= 15 is 0 Å². The standard InChI is InChI=1S/C20H21ClN4OS/c1-4-25(3)13-22-17-10-14(2)18(12-16(17)21)26-20-23-19(24-27-20)11-15-8-6-5-7-9-15/h5-10,12-13H,4,11H2,1-3H3/b22-13-. The molecule has 0 spiro atoms. The summed E-state index contributed by atoms with van der Waals surface area (Å²) in [4.78, 5) is 10.9. The van der Waals surface area contributed by atoms with E-state index in [1.165, 1.54) is 17.1 Å². The van der Waals surface area contributed by atoms with Crippen molar-refractivity contribution in [2.24, 2.45) is 4.99 Å². The van der Waals surface area contributed by atoms with Crippen LogP contribution in [0.15, 0.2) is 47.5 Å². The molecule has 2 aromatic carbocycles. The molecular formula is C20H21ClN4OS. The fourth-order valence-electron chi connectivity index (χ4n) is 2.32. The maximum Gasteiger partial charge on any atom is 0.298 e. The molecule has 0 radical (unpaired) electrons. The fraction of sp³-hybridized carbons (Fsp3) is 0.250. The second kappa shape index (κ2) is 8.97. The van der Waals surface area contributed by atoms with E-state index in [4.69, 9.17) is 16.3 Å². The number of aromatic nitrogens is 2. The number of aliphatic imine (C=N–C) groups is 1. The number of ether oxygens (including phenoxy) is 1. The van der Waals surface area contributed by atoms with E-state index in [1.807, 2.05) is 43.1 Å². The highest BCUT2D eigenvalue weighted by Crippen LogP contribution is 2.35. The summed E-state index contributed by atoms with van der Waals surface area (Å²) >= 11 is 7.60. The van der Waals surface area contributed by atoms with Crippen LogP contribution in [0, 0.1) is 6.92 Å². The molecule has 0 saturated carbocycles. The van der Waals surface area contributed by atoms with Crippen LogP contribution in [-0.2, 0) is 6.42 Å². The third kappa shape index (κ3) is 5.28. The summed E-state index contributed by atoms with van der Waals surface area (Å²) in [7, 11) is 1.96. The Morgan fingerprint density at radius 2 is 2.04 bits per heavy atom. The molecule has 3 aromatic rings. The number of hydrogen-bond donors (Lipinski definition) is 0. The maximum absolute atomic E-state index is 6.36. The van der Waals surface area contributed by atoms with Gasteiger partial charge in [0.25, 0.3) is 5.19 Å². The SMILES string of the molecule is CCN(C)/C=N\c1cc(C)c(Oc2nc(Cc3ccccc3)ns2)cc1Cl. The van der Waals surface area contributed by atoms with Gasteiger partial charge in [-0.05, 0) is 31.0 Å². The molecule has 7 heteroatoms. The second-order valence-electron chi connectivity index (χ2n) is 6.13. The first-order valence-electron chi connectivity index (χ1n) is 8.64. The number of rotatable bonds is 7. The highest BCUT2D eigenvalue weighted by molar-refractivity contribution is 7.07. The number of aryl methyl sites for hydroxylation is 1. The van der Waals surface area contributed by atoms with Crippen LogP contribution in [0.5, 0.6) is 10.9 Å². The summed E-state index contributed by atoms with van der Waals surface area (Å²) in [6.45, 7) is 4.90. The molecule has 0 unspecified atom stereocenters. The smallest absolute Gasteiger partial charge is 0.298 e. The van der Waals surface area contributed by atoms with Crippen molar-refractivity contribution < 1.29 is 4.74 Å². The summed E-state index contributed by atoms with van der Waals surface area (Å²) in [6, 6.07) is 13.8. The van der Waals surface area contributed by atoms with Crippen LogP contribution >= 0.6 is 23.1 Å². The van der Waals surface area contributed by atoms with Crippen LogP contribution in [0.2, 0.25) is 5.02 Å². The Hall–Kier alpha value is -2.44. The van der Waals surface area contributed by atoms with Gasteiger partial charge in [0.05, 0.1) is 17.0 Å². The highest BCUT2D eigenvalue weighted by Gasteiger charge is 2.11. The third-order valence-electron chi connectivity index (χ3n) is 3.99. The Bertz CT molecular complexity index is 927. The summed E-state index contributed by atoms with van der Waals surface area (Å²) in [5.41, 5.74) is 2.81. The average molecular weight is 401 g/mol. The van der Waals surface area contributed by atoms with Gasteiger partial charge in [0.2, 0.25) is 0 Å². The topological polar surface area (TPSA) is 50.6 Å². The van der Waals surface area contributed by atoms with Crippen molar-refractivity contribution >= 4 is 35.2 Å². The quantitative estimate of drug-likeness (QED) is 0.388. The highest BCUT2D eigenvalue weighted by atomic mass is 35.5. The first-order chi connectivity index (χ1) is 13.0. The fourth-order valence-corrected chi connectivity index (χ4v) is 3.09. The molecule has 0 bridgehead atoms. The van der Waals surface area contributed by atoms with Crippen LogP contribution < -0.4 is 4.74 Å². The van der Waals surface area contributed by atoms with Crippen LogP contribution in [0.3, 0.4) is 0 Å². The zero-order valence-corrected chi connectivity index (χ0v) is 17.1. The lowest BCUT2D eigenvalue weighted by Gasteiger charge is -2.10. The van der Waals surface area contributed by atoms with Crippen molar-refractivity contribution in [2.45, 2.75) is 20.3 Å². The molecule has 0 N–H and O–H groups in total. The van der Waals surface area contributed by atoms with Gasteiger partial charge in [-0.15, -0.1) is 0 Å². The van der Waals surface area contributed by atoms with E-state index in [-0.39, 0.29) is 0 Å². The lowest BCUT2D eigenvalue weighted by Crippen LogP contribution is -2.14. The van der Waals surface area contributed by atoms with Crippen LogP contribution in [-0.4, -0.2) is 34.2 Å². The molecule has 3 rings (SSSR count). The minimum atomic E-state index is 0.502. The third-order valence-corrected chi connectivity index (χ3v) is 4.92. The van der Waals surface area contributed by atoms with Crippen molar-refractivity contribution in [3.63, 3.8) is 0 Å². The predicted octanol–water partition coefficient (Wildman–Crippen LogP) is 5.49. The van der Waals surface area contributed by atoms with E-state index in [2.05, 4.69) is 33.4 Å². The minimum absolute atomic E-state index is 0.502. The zero-order chi connectivity index (χ0) is 19.2. The Balaban J connectivity index is 1.72. The molecule has 1 aromatic heterocycles. The van der Waals surface area contributed by atoms with E-state index in [1.54, 1.807) is 12.4 Å². The molecule has 0 aliphatic heterocycles. The van der Waals surface area contributed by atoms with Crippen molar-refractivity contribution in [1.29, 1.82) is 0 Å². The number of hydrogen-bond acceptors (Lipinski definition) is 5. The molecule has 0 fully saturated rings. The zero-order valence-electron chi connectivity index (χ0n) is 15.5. The van der Waals surface area contributed by atoms with Gasteiger partial charge in [-0.25, -0.2) is 4.99 Å². The molecule has 0 atom stereocenters. The van der Waals surface area contributed by atoms with E-state index < -0.39 is 0 Å². The minimum Gasteiger partial charge on any atom is -0.430 e. The summed E-state index contributed by atoms with van der Waals surface area (Å²) in [6.07, 6.45) is 2.45. The molecule has 0 amide bonds. The number of halogens is 1. The largest absolute Gasteiger partial charge is 0.430 e. The summed E-state index contributed by atoms with van der Waals surface area (Å²) in [5.74, 6) is 1.40. The van der Waals surface area contributed by atoms with Gasteiger partial charge in [0.1, 0.15) is 5.75 Å². The normalized spacial score (nSPS) is 11.1. The molecule has 140 valence electrons. The first-order valence-corrected chi connectivity index (χ1v) is 9.79.